The topological polar surface area (TPSA) is 0 Å². The molecule has 7 atom stereocenters. The summed E-state index contributed by atoms with van der Waals surface area (Å²) in [7, 11) is 17.2. The summed E-state index contributed by atoms with van der Waals surface area (Å²) in [5.41, 5.74) is 0. The molecule has 0 aliphatic rings. The van der Waals surface area contributed by atoms with E-state index in [1.807, 2.05) is 0 Å². The maximum absolute atomic E-state index is 2.75. The van der Waals surface area contributed by atoms with E-state index in [-0.39, 0.29) is 21.4 Å². The zero-order chi connectivity index (χ0) is 7.86. The Bertz CT molecular complexity index is 37.2. The Balaban J connectivity index is -0.0000000910. The van der Waals surface area contributed by atoms with Crippen molar-refractivity contribution in [1.29, 1.82) is 0 Å². The van der Waals surface area contributed by atoms with Gasteiger partial charge in [-0.2, -0.15) is 0 Å². The first-order valence-electron chi connectivity index (χ1n) is 1.80. The second kappa shape index (κ2) is 15.3. The number of hydrogen-bond donors (Lipinski definition) is 0. The lowest BCUT2D eigenvalue weighted by Gasteiger charge is -1.92. The van der Waals surface area contributed by atoms with E-state index in [9.17, 15) is 0 Å². The smallest absolute Gasteiger partial charge is 0.0429 e. The molecule has 0 saturated carbocycles. The molecule has 0 nitrogen and oxygen atoms in total. The molecule has 0 aromatic carbocycles. The van der Waals surface area contributed by atoms with Crippen molar-refractivity contribution in [3.8, 4) is 0 Å². The van der Waals surface area contributed by atoms with Crippen molar-refractivity contribution in [1.82, 2.24) is 0 Å². The minimum atomic E-state index is 0. The van der Waals surface area contributed by atoms with Gasteiger partial charge in [0.1, 0.15) is 0 Å². The third kappa shape index (κ3) is 40.7. The van der Waals surface area contributed by atoms with Crippen molar-refractivity contribution >= 4 is 75.5 Å². The van der Waals surface area contributed by atoms with Crippen molar-refractivity contribution in [2.75, 3.05) is 0 Å². The summed E-state index contributed by atoms with van der Waals surface area (Å²) in [6, 6.07) is 0. The highest BCUT2D eigenvalue weighted by atomic mass is 32.8. The summed E-state index contributed by atoms with van der Waals surface area (Å²) in [5.74, 6) is 0. The van der Waals surface area contributed by atoms with Crippen molar-refractivity contribution in [3.63, 3.8) is 0 Å². The van der Waals surface area contributed by atoms with Gasteiger partial charge in [0.15, 0.2) is 0 Å². The Hall–Kier alpha value is 3.87. The van der Waals surface area contributed by atoms with Crippen molar-refractivity contribution < 1.29 is 0 Å². The van der Waals surface area contributed by atoms with Crippen LogP contribution in [0.3, 0.4) is 0 Å². The first kappa shape index (κ1) is 19.4. The van der Waals surface area contributed by atoms with Gasteiger partial charge in [-0.1, -0.05) is 15.4 Å². The van der Waals surface area contributed by atoms with E-state index in [1.165, 1.54) is 0 Å². The maximum Gasteiger partial charge on any atom is -0.0429 e. The monoisotopic (exact) mass is 308 g/mol. The molecule has 0 aliphatic heterocycles. The minimum Gasteiger partial charge on any atom is -0.109 e. The SMILES string of the molecule is C.PP(P)P.PPP(P)P. The first-order valence-corrected chi connectivity index (χ1v) is 16.2. The maximum atomic E-state index is 2.75. The van der Waals surface area contributed by atoms with Crippen LogP contribution in [0, 0.1) is 0 Å². The van der Waals surface area contributed by atoms with Crippen LogP contribution in [0.25, 0.3) is 0 Å². The Labute approximate surface area is 82.9 Å². The van der Waals surface area contributed by atoms with E-state index in [2.05, 4.69) is 53.6 Å². The average molecular weight is 308 g/mol. The minimum absolute atomic E-state index is 0. The van der Waals surface area contributed by atoms with E-state index in [4.69, 9.17) is 0 Å². The van der Waals surface area contributed by atoms with Gasteiger partial charge in [-0.25, -0.2) is 0 Å². The lowest BCUT2D eigenvalue weighted by atomic mass is 12.0. The molecule has 9 heteroatoms. The lowest BCUT2D eigenvalue weighted by Crippen LogP contribution is -0.986. The van der Waals surface area contributed by atoms with E-state index in [0.717, 1.165) is 7.96 Å². The quantitative estimate of drug-likeness (QED) is 0.604. The predicted octanol–water partition coefficient (Wildman–Crippen LogP) is 4.91. The Morgan fingerprint density at radius 1 is 0.900 bits per heavy atom. The molecule has 0 aromatic rings. The third-order valence-electron chi connectivity index (χ3n) is 0.149. The fourth-order valence-electron chi connectivity index (χ4n) is 0. The molecule has 0 amide bonds. The van der Waals surface area contributed by atoms with Gasteiger partial charge in [0, 0.05) is 0 Å². The van der Waals surface area contributed by atoms with Crippen molar-refractivity contribution in [2.45, 2.75) is 7.43 Å². The van der Waals surface area contributed by atoms with Crippen molar-refractivity contribution in [2.24, 2.45) is 0 Å². The van der Waals surface area contributed by atoms with Crippen LogP contribution in [-0.2, 0) is 0 Å². The van der Waals surface area contributed by atoms with Crippen LogP contribution in [0.5, 0.6) is 0 Å². The fourth-order valence-corrected chi connectivity index (χ4v) is 0. The molecule has 0 saturated heterocycles. The number of rotatable bonds is 1. The predicted molar refractivity (Wildman–Crippen MR) is 87.1 cm³/mol. The standard InChI is InChI=1S/CH4.H7P5.H6P4/c;1-4-5(2)3;1-4(2)3/h1H4;4H,1-3H2;1-3H2. The first-order chi connectivity index (χ1) is 4.00. The van der Waals surface area contributed by atoms with Crippen LogP contribution in [0.1, 0.15) is 7.43 Å². The molecule has 0 N–H and O–H groups in total. The molecule has 66 valence electrons. The molecule has 0 fully saturated rings. The van der Waals surface area contributed by atoms with Gasteiger partial charge in [-0.15, -0.1) is 53.6 Å². The van der Waals surface area contributed by atoms with Gasteiger partial charge in [-0.05, 0) is 14.0 Å². The molecule has 10 heavy (non-hydrogen) atoms. The van der Waals surface area contributed by atoms with Crippen LogP contribution in [-0.4, -0.2) is 0 Å². The van der Waals surface area contributed by atoms with Gasteiger partial charge in [0.2, 0.25) is 0 Å². The van der Waals surface area contributed by atoms with Gasteiger partial charge < -0.3 is 0 Å². The van der Waals surface area contributed by atoms with E-state index in [0.29, 0.717) is 0 Å². The van der Waals surface area contributed by atoms with Crippen molar-refractivity contribution in [3.05, 3.63) is 0 Å². The van der Waals surface area contributed by atoms with E-state index < -0.39 is 0 Å². The summed E-state index contributed by atoms with van der Waals surface area (Å²) >= 11 is 0. The molecule has 0 aliphatic carbocycles. The highest BCUT2D eigenvalue weighted by molar-refractivity contribution is 8.77. The molecule has 0 spiro atoms. The van der Waals surface area contributed by atoms with E-state index >= 15 is 0 Å². The Kier molecular flexibility index (Phi) is 29.8. The van der Waals surface area contributed by atoms with E-state index in [1.54, 1.807) is 0 Å². The molecule has 7 unspecified atom stereocenters. The molecular weight excluding hydrogens is 291 g/mol. The molecule has 0 aromatic heterocycles. The second-order valence-electron chi connectivity index (χ2n) is 0.984. The number of hydrogen-bond acceptors (Lipinski definition) is 0. The van der Waals surface area contributed by atoms with Crippen LogP contribution >= 0.6 is 75.5 Å². The summed E-state index contributed by atoms with van der Waals surface area (Å²) in [5, 5.41) is 0. The highest BCUT2D eigenvalue weighted by Gasteiger charge is 1.78. The van der Waals surface area contributed by atoms with Gasteiger partial charge in [0.25, 0.3) is 0 Å². The molecule has 0 radical (unpaired) electrons. The van der Waals surface area contributed by atoms with Crippen LogP contribution in [0.4, 0.5) is 0 Å². The van der Waals surface area contributed by atoms with Crippen LogP contribution < -0.4 is 0 Å². The van der Waals surface area contributed by atoms with Crippen LogP contribution in [0.15, 0.2) is 0 Å². The molecule has 0 bridgehead atoms. The fraction of sp³-hybridized carbons (Fsp3) is 1.00. The molecule has 0 rings (SSSR count). The largest absolute Gasteiger partial charge is 0.109 e. The average Bonchev–Trinajstić information content (AvgIpc) is 1.65. The second-order valence-corrected chi connectivity index (χ2v) is 26.6. The Morgan fingerprint density at radius 2 is 1.00 bits per heavy atom. The van der Waals surface area contributed by atoms with Crippen LogP contribution in [0.2, 0.25) is 0 Å². The summed E-state index contributed by atoms with van der Waals surface area (Å²) < 4.78 is 0. The highest BCUT2D eigenvalue weighted by Crippen LogP contribution is 2.71. The molecular formula is CH17P9. The van der Waals surface area contributed by atoms with Gasteiger partial charge in [0.05, 0.1) is 0 Å². The lowest BCUT2D eigenvalue weighted by molar-refractivity contribution is 2.50. The summed E-state index contributed by atoms with van der Waals surface area (Å²) in [4.78, 5) is 0. The normalized spacial score (nSPS) is 9.60. The zero-order valence-electron chi connectivity index (χ0n) is 4.86. The Morgan fingerprint density at radius 3 is 1.00 bits per heavy atom. The third-order valence-corrected chi connectivity index (χ3v) is 12.1. The van der Waals surface area contributed by atoms with Gasteiger partial charge in [-0.3, -0.25) is 0 Å². The molecule has 0 heterocycles. The van der Waals surface area contributed by atoms with Gasteiger partial charge >= 0.3 is 0 Å². The summed E-state index contributed by atoms with van der Waals surface area (Å²) in [6.45, 7) is 0.355. The summed E-state index contributed by atoms with van der Waals surface area (Å²) in [6.07, 6.45) is 0. The zero-order valence-corrected chi connectivity index (χ0v) is 14.6.